The molecular formula is C8H14F3NO. The van der Waals surface area contributed by atoms with Gasteiger partial charge in [-0.2, -0.15) is 13.2 Å². The van der Waals surface area contributed by atoms with Gasteiger partial charge in [-0.05, 0) is 6.92 Å². The first kappa shape index (κ1) is 12.3. The van der Waals surface area contributed by atoms with Gasteiger partial charge in [0.1, 0.15) is 6.04 Å². The van der Waals surface area contributed by atoms with E-state index >= 15 is 0 Å². The van der Waals surface area contributed by atoms with Crippen LogP contribution in [0, 0.1) is 5.41 Å². The largest absolute Gasteiger partial charge is 0.408 e. The van der Waals surface area contributed by atoms with Gasteiger partial charge in [-0.1, -0.05) is 20.8 Å². The Morgan fingerprint density at radius 2 is 1.62 bits per heavy atom. The highest BCUT2D eigenvalue weighted by Crippen LogP contribution is 2.21. The SMILES string of the molecule is C[C@@H](NC(=O)C(C)(C)C)C(F)(F)F. The Labute approximate surface area is 75.5 Å². The smallest absolute Gasteiger partial charge is 0.344 e. The Bertz CT molecular complexity index is 193. The monoisotopic (exact) mass is 197 g/mol. The summed E-state index contributed by atoms with van der Waals surface area (Å²) in [5, 5.41) is 1.90. The van der Waals surface area contributed by atoms with Crippen LogP contribution in [0.25, 0.3) is 0 Å². The minimum atomic E-state index is -4.37. The van der Waals surface area contributed by atoms with Gasteiger partial charge in [0.25, 0.3) is 0 Å². The summed E-state index contributed by atoms with van der Waals surface area (Å²) in [7, 11) is 0. The highest BCUT2D eigenvalue weighted by atomic mass is 19.4. The maximum atomic E-state index is 12.0. The van der Waals surface area contributed by atoms with Crippen molar-refractivity contribution in [1.82, 2.24) is 5.32 Å². The lowest BCUT2D eigenvalue weighted by atomic mass is 9.95. The van der Waals surface area contributed by atoms with Crippen LogP contribution in [0.3, 0.4) is 0 Å². The first-order valence-electron chi connectivity index (χ1n) is 3.93. The van der Waals surface area contributed by atoms with Gasteiger partial charge in [-0.3, -0.25) is 4.79 Å². The van der Waals surface area contributed by atoms with Crippen molar-refractivity contribution in [3.8, 4) is 0 Å². The number of hydrogen-bond donors (Lipinski definition) is 1. The minimum Gasteiger partial charge on any atom is -0.344 e. The zero-order chi connectivity index (χ0) is 10.9. The highest BCUT2D eigenvalue weighted by molar-refractivity contribution is 5.81. The van der Waals surface area contributed by atoms with Gasteiger partial charge in [0.05, 0.1) is 0 Å². The minimum absolute atomic E-state index is 0.600. The molecule has 1 atom stereocenters. The van der Waals surface area contributed by atoms with Crippen LogP contribution in [0.1, 0.15) is 27.7 Å². The predicted molar refractivity (Wildman–Crippen MR) is 43.1 cm³/mol. The fraction of sp³-hybridized carbons (Fsp3) is 0.875. The van der Waals surface area contributed by atoms with Gasteiger partial charge in [0.2, 0.25) is 5.91 Å². The Morgan fingerprint density at radius 1 is 1.23 bits per heavy atom. The van der Waals surface area contributed by atoms with E-state index in [0.29, 0.717) is 0 Å². The lowest BCUT2D eigenvalue weighted by Crippen LogP contribution is -2.47. The lowest BCUT2D eigenvalue weighted by Gasteiger charge is -2.23. The molecule has 1 amide bonds. The predicted octanol–water partition coefficient (Wildman–Crippen LogP) is 2.10. The third kappa shape index (κ3) is 4.15. The Morgan fingerprint density at radius 3 is 1.85 bits per heavy atom. The summed E-state index contributed by atoms with van der Waals surface area (Å²) in [5.41, 5.74) is -0.792. The summed E-state index contributed by atoms with van der Waals surface area (Å²) < 4.78 is 35.9. The van der Waals surface area contributed by atoms with E-state index in [2.05, 4.69) is 0 Å². The van der Waals surface area contributed by atoms with Crippen LogP contribution in [0.2, 0.25) is 0 Å². The number of carbonyl (C=O) groups is 1. The Hall–Kier alpha value is -0.740. The average molecular weight is 197 g/mol. The highest BCUT2D eigenvalue weighted by Gasteiger charge is 2.38. The molecule has 78 valence electrons. The molecule has 0 aliphatic rings. The van der Waals surface area contributed by atoms with E-state index in [1.165, 1.54) is 0 Å². The number of rotatable bonds is 1. The molecule has 13 heavy (non-hydrogen) atoms. The molecular weight excluding hydrogens is 183 g/mol. The number of carbonyl (C=O) groups excluding carboxylic acids is 1. The second kappa shape index (κ2) is 3.55. The molecule has 1 N–H and O–H groups in total. The number of amides is 1. The quantitative estimate of drug-likeness (QED) is 0.685. The molecule has 0 heterocycles. The van der Waals surface area contributed by atoms with Gasteiger partial charge < -0.3 is 5.32 Å². The molecule has 0 bridgehead atoms. The van der Waals surface area contributed by atoms with E-state index in [4.69, 9.17) is 0 Å². The summed E-state index contributed by atoms with van der Waals surface area (Å²) in [6.07, 6.45) is -4.37. The van der Waals surface area contributed by atoms with Crippen LogP contribution in [0.4, 0.5) is 13.2 Å². The average Bonchev–Trinajstić information content (AvgIpc) is 1.82. The van der Waals surface area contributed by atoms with E-state index in [1.807, 2.05) is 5.32 Å². The van der Waals surface area contributed by atoms with E-state index in [9.17, 15) is 18.0 Å². The van der Waals surface area contributed by atoms with Crippen molar-refractivity contribution >= 4 is 5.91 Å². The van der Waals surface area contributed by atoms with Crippen LogP contribution < -0.4 is 5.32 Å². The van der Waals surface area contributed by atoms with Crippen LogP contribution in [0.15, 0.2) is 0 Å². The summed E-state index contributed by atoms with van der Waals surface area (Å²) in [5.74, 6) is -0.600. The van der Waals surface area contributed by atoms with Crippen LogP contribution in [-0.2, 0) is 4.79 Å². The maximum Gasteiger partial charge on any atom is 0.408 e. The Kier molecular flexibility index (Phi) is 3.35. The molecule has 0 aromatic rings. The summed E-state index contributed by atoms with van der Waals surface area (Å²) in [4.78, 5) is 11.1. The molecule has 0 unspecified atom stereocenters. The Balaban J connectivity index is 4.24. The molecule has 2 nitrogen and oxygen atoms in total. The van der Waals surface area contributed by atoms with E-state index in [0.717, 1.165) is 6.92 Å². The first-order valence-corrected chi connectivity index (χ1v) is 3.93. The first-order chi connectivity index (χ1) is 5.55. The second-order valence-corrected chi connectivity index (χ2v) is 3.99. The normalized spacial score (nSPS) is 15.3. The summed E-state index contributed by atoms with van der Waals surface area (Å²) in [6, 6.07) is -1.79. The van der Waals surface area contributed by atoms with Crippen molar-refractivity contribution in [1.29, 1.82) is 0 Å². The van der Waals surface area contributed by atoms with Crippen molar-refractivity contribution in [3.05, 3.63) is 0 Å². The fourth-order valence-electron chi connectivity index (χ4n) is 0.495. The zero-order valence-corrected chi connectivity index (χ0v) is 8.12. The number of nitrogens with one attached hydrogen (secondary N) is 1. The standard InChI is InChI=1S/C8H14F3NO/c1-5(8(9,10)11)12-6(13)7(2,3)4/h5H,1-4H3,(H,12,13)/t5-/m1/s1. The van der Waals surface area contributed by atoms with Crippen molar-refractivity contribution in [3.63, 3.8) is 0 Å². The molecule has 0 fully saturated rings. The van der Waals surface area contributed by atoms with Crippen LogP contribution >= 0.6 is 0 Å². The number of halogens is 3. The van der Waals surface area contributed by atoms with Crippen molar-refractivity contribution in [2.75, 3.05) is 0 Å². The van der Waals surface area contributed by atoms with Gasteiger partial charge >= 0.3 is 6.18 Å². The zero-order valence-electron chi connectivity index (χ0n) is 8.12. The van der Waals surface area contributed by atoms with Crippen molar-refractivity contribution < 1.29 is 18.0 Å². The molecule has 0 rings (SSSR count). The van der Waals surface area contributed by atoms with Crippen molar-refractivity contribution in [2.45, 2.75) is 39.9 Å². The molecule has 0 aliphatic heterocycles. The van der Waals surface area contributed by atoms with E-state index in [1.54, 1.807) is 20.8 Å². The van der Waals surface area contributed by atoms with E-state index < -0.39 is 23.5 Å². The second-order valence-electron chi connectivity index (χ2n) is 3.99. The van der Waals surface area contributed by atoms with Gasteiger partial charge in [-0.15, -0.1) is 0 Å². The van der Waals surface area contributed by atoms with Crippen LogP contribution in [-0.4, -0.2) is 18.1 Å². The number of hydrogen-bond acceptors (Lipinski definition) is 1. The summed E-state index contributed by atoms with van der Waals surface area (Å²) in [6.45, 7) is 5.60. The third-order valence-electron chi connectivity index (χ3n) is 1.52. The molecule has 0 aromatic heterocycles. The molecule has 5 heteroatoms. The van der Waals surface area contributed by atoms with Gasteiger partial charge in [0, 0.05) is 5.41 Å². The number of alkyl halides is 3. The topological polar surface area (TPSA) is 29.1 Å². The molecule has 0 saturated carbocycles. The lowest BCUT2D eigenvalue weighted by molar-refractivity contribution is -0.160. The fourth-order valence-corrected chi connectivity index (χ4v) is 0.495. The van der Waals surface area contributed by atoms with Gasteiger partial charge in [-0.25, -0.2) is 0 Å². The maximum absolute atomic E-state index is 12.0. The molecule has 0 aliphatic carbocycles. The molecule has 0 saturated heterocycles. The van der Waals surface area contributed by atoms with E-state index in [-0.39, 0.29) is 0 Å². The molecule has 0 aromatic carbocycles. The molecule has 0 radical (unpaired) electrons. The molecule has 0 spiro atoms. The van der Waals surface area contributed by atoms with Crippen molar-refractivity contribution in [2.24, 2.45) is 5.41 Å². The summed E-state index contributed by atoms with van der Waals surface area (Å²) >= 11 is 0. The van der Waals surface area contributed by atoms with Gasteiger partial charge in [0.15, 0.2) is 0 Å². The van der Waals surface area contributed by atoms with Crippen LogP contribution in [0.5, 0.6) is 0 Å². The third-order valence-corrected chi connectivity index (χ3v) is 1.52.